The van der Waals surface area contributed by atoms with Crippen molar-refractivity contribution in [2.45, 2.75) is 70.4 Å². The molecule has 0 radical (unpaired) electrons. The Hall–Kier alpha value is -1.77. The second-order valence-electron chi connectivity index (χ2n) is 8.60. The van der Waals surface area contributed by atoms with Crippen LogP contribution in [0.3, 0.4) is 0 Å². The molecule has 0 bridgehead atoms. The van der Waals surface area contributed by atoms with Crippen molar-refractivity contribution in [1.82, 2.24) is 10.6 Å². The van der Waals surface area contributed by atoms with Gasteiger partial charge in [-0.2, -0.15) is 35.1 Å². The van der Waals surface area contributed by atoms with Crippen molar-refractivity contribution in [2.75, 3.05) is 65.9 Å². The average molecular weight is 667 g/mol. The summed E-state index contributed by atoms with van der Waals surface area (Å²) in [5.74, 6) is -4.95. The van der Waals surface area contributed by atoms with Gasteiger partial charge in [0, 0.05) is 32.7 Å². The Kier molecular flexibility index (Phi) is 20.2. The second-order valence-corrected chi connectivity index (χ2v) is 9.10. The molecule has 0 heterocycles. The SMILES string of the molecule is CCCOCCOCCCC(=O)C(F)(F)OC(F)(F)C(F)(F)OC(F)(F)C(=O)NCCOCCOCCNC(=S)CCC. The van der Waals surface area contributed by atoms with Gasteiger partial charge in [-0.25, -0.2) is 9.47 Å². The van der Waals surface area contributed by atoms with Crippen molar-refractivity contribution in [3.63, 3.8) is 0 Å². The Morgan fingerprint density at radius 1 is 0.605 bits per heavy atom. The number of nitrogens with one attached hydrogen (secondary N) is 2. The van der Waals surface area contributed by atoms with Crippen LogP contribution >= 0.6 is 12.2 Å². The first kappa shape index (κ1) is 41.2. The lowest BCUT2D eigenvalue weighted by Crippen LogP contribution is -2.56. The van der Waals surface area contributed by atoms with Gasteiger partial charge in [-0.1, -0.05) is 26.1 Å². The molecule has 2 N–H and O–H groups in total. The van der Waals surface area contributed by atoms with E-state index in [1.165, 1.54) is 5.32 Å². The highest BCUT2D eigenvalue weighted by atomic mass is 32.1. The fourth-order valence-corrected chi connectivity index (χ4v) is 3.04. The van der Waals surface area contributed by atoms with Crippen molar-refractivity contribution < 1.29 is 73.1 Å². The second kappa shape index (κ2) is 21.1. The molecule has 0 rings (SSSR count). The lowest BCUT2D eigenvalue weighted by molar-refractivity contribution is -0.499. The minimum atomic E-state index is -6.47. The summed E-state index contributed by atoms with van der Waals surface area (Å²) in [4.78, 5) is 23.7. The van der Waals surface area contributed by atoms with Crippen LogP contribution in [0.5, 0.6) is 0 Å². The number of ketones is 1. The van der Waals surface area contributed by atoms with Crippen molar-refractivity contribution in [2.24, 2.45) is 0 Å². The molecule has 0 aliphatic carbocycles. The van der Waals surface area contributed by atoms with Crippen LogP contribution in [-0.2, 0) is 38.0 Å². The van der Waals surface area contributed by atoms with Gasteiger partial charge in [0.1, 0.15) is 0 Å². The molecule has 0 aliphatic heterocycles. The molecule has 0 saturated carbocycles. The maximum absolute atomic E-state index is 13.8. The summed E-state index contributed by atoms with van der Waals surface area (Å²) < 4.78 is 135. The molecule has 254 valence electrons. The van der Waals surface area contributed by atoms with Crippen molar-refractivity contribution in [3.05, 3.63) is 0 Å². The summed E-state index contributed by atoms with van der Waals surface area (Å²) in [6.07, 6.45) is -23.3. The van der Waals surface area contributed by atoms with Gasteiger partial charge in [-0.05, 0) is 25.7 Å². The summed E-state index contributed by atoms with van der Waals surface area (Å²) in [6.45, 7) is 3.85. The quantitative estimate of drug-likeness (QED) is 0.0757. The molecule has 0 fully saturated rings. The van der Waals surface area contributed by atoms with E-state index in [2.05, 4.69) is 14.8 Å². The Morgan fingerprint density at radius 2 is 1.07 bits per heavy atom. The third-order valence-electron chi connectivity index (χ3n) is 4.80. The van der Waals surface area contributed by atoms with Gasteiger partial charge >= 0.3 is 30.3 Å². The molecule has 0 saturated heterocycles. The van der Waals surface area contributed by atoms with E-state index in [0.717, 1.165) is 19.3 Å². The Morgan fingerprint density at radius 3 is 1.58 bits per heavy atom. The number of halogens is 8. The molecule has 0 aromatic rings. The van der Waals surface area contributed by atoms with E-state index in [-0.39, 0.29) is 39.6 Å². The van der Waals surface area contributed by atoms with Crippen molar-refractivity contribution in [3.8, 4) is 0 Å². The number of hydrogen-bond acceptors (Lipinski definition) is 9. The van der Waals surface area contributed by atoms with Gasteiger partial charge in [0.15, 0.2) is 0 Å². The fraction of sp³-hybridized carbons (Fsp3) is 0.875. The average Bonchev–Trinajstić information content (AvgIpc) is 2.89. The minimum Gasteiger partial charge on any atom is -0.379 e. The van der Waals surface area contributed by atoms with Crippen molar-refractivity contribution in [1.29, 1.82) is 0 Å². The van der Waals surface area contributed by atoms with Gasteiger partial charge < -0.3 is 29.6 Å². The molecule has 0 aromatic heterocycles. The number of alkyl halides is 8. The Bertz CT molecular complexity index is 828. The summed E-state index contributed by atoms with van der Waals surface area (Å²) >= 11 is 5.03. The normalized spacial score (nSPS) is 12.8. The summed E-state index contributed by atoms with van der Waals surface area (Å²) in [7, 11) is 0. The summed E-state index contributed by atoms with van der Waals surface area (Å²) in [5, 5.41) is 4.35. The van der Waals surface area contributed by atoms with Gasteiger partial charge in [0.25, 0.3) is 0 Å². The highest BCUT2D eigenvalue weighted by Gasteiger charge is 2.69. The molecule has 43 heavy (non-hydrogen) atoms. The predicted molar refractivity (Wildman–Crippen MR) is 138 cm³/mol. The number of hydrogen-bond donors (Lipinski definition) is 2. The lowest BCUT2D eigenvalue weighted by atomic mass is 10.2. The van der Waals surface area contributed by atoms with Crippen LogP contribution in [0.4, 0.5) is 35.1 Å². The van der Waals surface area contributed by atoms with E-state index in [1.54, 1.807) is 0 Å². The maximum Gasteiger partial charge on any atom is 0.453 e. The number of Topliss-reactive ketones (excluding diaryl/α,β-unsaturated/α-hetero) is 1. The zero-order chi connectivity index (χ0) is 33.0. The number of ether oxygens (including phenoxy) is 6. The molecule has 0 unspecified atom stereocenters. The van der Waals surface area contributed by atoms with E-state index < -0.39 is 62.1 Å². The smallest absolute Gasteiger partial charge is 0.379 e. The predicted octanol–water partition coefficient (Wildman–Crippen LogP) is 4.05. The lowest BCUT2D eigenvalue weighted by Gasteiger charge is -2.30. The Labute approximate surface area is 249 Å². The van der Waals surface area contributed by atoms with Crippen LogP contribution < -0.4 is 10.6 Å². The summed E-state index contributed by atoms with van der Waals surface area (Å²) in [5.41, 5.74) is 0. The van der Waals surface area contributed by atoms with E-state index in [0.29, 0.717) is 18.1 Å². The number of amides is 1. The first-order valence-electron chi connectivity index (χ1n) is 13.3. The van der Waals surface area contributed by atoms with E-state index in [4.69, 9.17) is 31.2 Å². The highest BCUT2D eigenvalue weighted by Crippen LogP contribution is 2.43. The number of thiocarbonyl (C=S) groups is 1. The zero-order valence-electron chi connectivity index (χ0n) is 23.8. The van der Waals surface area contributed by atoms with E-state index >= 15 is 0 Å². The molecule has 1 amide bonds. The van der Waals surface area contributed by atoms with Crippen LogP contribution in [0.25, 0.3) is 0 Å². The van der Waals surface area contributed by atoms with E-state index in [9.17, 15) is 44.7 Å². The largest absolute Gasteiger partial charge is 0.453 e. The molecular weight excluding hydrogens is 628 g/mol. The molecular formula is C24H38F8N2O8S. The third-order valence-corrected chi connectivity index (χ3v) is 5.15. The minimum absolute atomic E-state index is 0.0418. The molecule has 0 aromatic carbocycles. The monoisotopic (exact) mass is 666 g/mol. The van der Waals surface area contributed by atoms with Crippen LogP contribution in [0.2, 0.25) is 0 Å². The van der Waals surface area contributed by atoms with Crippen LogP contribution in [0.15, 0.2) is 0 Å². The topological polar surface area (TPSA) is 114 Å². The van der Waals surface area contributed by atoms with Gasteiger partial charge in [-0.3, -0.25) is 9.59 Å². The number of carbonyl (C=O) groups excluding carboxylic acids is 2. The van der Waals surface area contributed by atoms with Crippen molar-refractivity contribution >= 4 is 28.9 Å². The third kappa shape index (κ3) is 18.0. The van der Waals surface area contributed by atoms with Crippen LogP contribution in [-0.4, -0.2) is 107 Å². The number of carbonyl (C=O) groups is 2. The molecule has 19 heteroatoms. The molecule has 0 spiro atoms. The van der Waals surface area contributed by atoms with Crippen LogP contribution in [0, 0.1) is 0 Å². The van der Waals surface area contributed by atoms with Crippen LogP contribution in [0.1, 0.15) is 46.0 Å². The fourth-order valence-electron chi connectivity index (χ4n) is 2.73. The molecule has 10 nitrogen and oxygen atoms in total. The Balaban J connectivity index is 4.50. The summed E-state index contributed by atoms with van der Waals surface area (Å²) in [6, 6.07) is 0. The highest BCUT2D eigenvalue weighted by molar-refractivity contribution is 7.80. The molecule has 0 aliphatic rings. The number of rotatable bonds is 27. The first-order valence-corrected chi connectivity index (χ1v) is 13.7. The first-order chi connectivity index (χ1) is 20.0. The molecule has 0 atom stereocenters. The zero-order valence-corrected chi connectivity index (χ0v) is 24.6. The van der Waals surface area contributed by atoms with Gasteiger partial charge in [0.2, 0.25) is 5.78 Å². The van der Waals surface area contributed by atoms with Gasteiger partial charge in [-0.15, -0.1) is 0 Å². The van der Waals surface area contributed by atoms with E-state index in [1.807, 2.05) is 13.8 Å². The van der Waals surface area contributed by atoms with Gasteiger partial charge in [0.05, 0.1) is 44.6 Å². The standard InChI is InChI=1S/C24H38F8N2O8S/c1-3-6-19(43)33-8-12-39-16-17-40-13-9-34-20(36)22(27,28)42-24(31,32)23(29,30)41-21(25,26)18(35)7-5-11-38-15-14-37-10-4-2/h3-17H2,1-2H3,(H,33,43)(H,34,36). The maximum atomic E-state index is 13.8.